The Morgan fingerprint density at radius 2 is 1.88 bits per heavy atom. The minimum absolute atomic E-state index is 0.296. The molecule has 0 radical (unpaired) electrons. The maximum Gasteiger partial charge on any atom is 0.0220 e. The third-order valence-corrected chi connectivity index (χ3v) is 3.39. The zero-order chi connectivity index (χ0) is 12.9. The van der Waals surface area contributed by atoms with Crippen molar-refractivity contribution in [3.05, 3.63) is 34.3 Å². The van der Waals surface area contributed by atoms with Crippen molar-refractivity contribution in [1.82, 2.24) is 10.2 Å². The molecule has 3 heteroatoms. The molecule has 96 valence electrons. The van der Waals surface area contributed by atoms with Crippen molar-refractivity contribution in [2.75, 3.05) is 27.2 Å². The highest BCUT2D eigenvalue weighted by atomic mass is 79.9. The summed E-state index contributed by atoms with van der Waals surface area (Å²) >= 11 is 3.57. The molecule has 0 saturated heterocycles. The lowest BCUT2D eigenvalue weighted by Gasteiger charge is -2.28. The average molecular weight is 299 g/mol. The van der Waals surface area contributed by atoms with Crippen molar-refractivity contribution in [2.45, 2.75) is 20.4 Å². The second kappa shape index (κ2) is 6.53. The zero-order valence-electron chi connectivity index (χ0n) is 11.3. The second-order valence-corrected chi connectivity index (χ2v) is 6.45. The standard InChI is InChI=1S/C14H23BrN2/c1-14(2,11-17(3)4)10-16-9-12-7-5-6-8-13(12)15/h5-8,16H,9-11H2,1-4H3. The number of hydrogen-bond donors (Lipinski definition) is 1. The summed E-state index contributed by atoms with van der Waals surface area (Å²) in [5.74, 6) is 0. The lowest BCUT2D eigenvalue weighted by Crippen LogP contribution is -2.37. The van der Waals surface area contributed by atoms with Crippen LogP contribution in [0.4, 0.5) is 0 Å². The summed E-state index contributed by atoms with van der Waals surface area (Å²) in [7, 11) is 4.24. The number of hydrogen-bond acceptors (Lipinski definition) is 2. The molecule has 0 spiro atoms. The van der Waals surface area contributed by atoms with Gasteiger partial charge in [-0.25, -0.2) is 0 Å². The monoisotopic (exact) mass is 298 g/mol. The van der Waals surface area contributed by atoms with E-state index in [1.807, 2.05) is 6.07 Å². The number of nitrogens with one attached hydrogen (secondary N) is 1. The van der Waals surface area contributed by atoms with E-state index in [0.29, 0.717) is 5.41 Å². The maximum absolute atomic E-state index is 3.57. The van der Waals surface area contributed by atoms with Gasteiger partial charge in [-0.2, -0.15) is 0 Å². The van der Waals surface area contributed by atoms with Crippen molar-refractivity contribution in [3.8, 4) is 0 Å². The van der Waals surface area contributed by atoms with Crippen LogP contribution >= 0.6 is 15.9 Å². The van der Waals surface area contributed by atoms with E-state index in [4.69, 9.17) is 0 Å². The van der Waals surface area contributed by atoms with Crippen molar-refractivity contribution in [2.24, 2.45) is 5.41 Å². The minimum Gasteiger partial charge on any atom is -0.312 e. The minimum atomic E-state index is 0.296. The lowest BCUT2D eigenvalue weighted by molar-refractivity contribution is 0.232. The molecular formula is C14H23BrN2. The van der Waals surface area contributed by atoms with Crippen molar-refractivity contribution in [1.29, 1.82) is 0 Å². The van der Waals surface area contributed by atoms with Gasteiger partial charge in [-0.3, -0.25) is 0 Å². The van der Waals surface area contributed by atoms with E-state index in [2.05, 4.69) is 72.3 Å². The topological polar surface area (TPSA) is 15.3 Å². The van der Waals surface area contributed by atoms with Crippen LogP contribution < -0.4 is 5.32 Å². The van der Waals surface area contributed by atoms with Crippen LogP contribution in [0.2, 0.25) is 0 Å². The first-order valence-electron chi connectivity index (χ1n) is 5.99. The quantitative estimate of drug-likeness (QED) is 0.868. The highest BCUT2D eigenvalue weighted by Gasteiger charge is 2.18. The van der Waals surface area contributed by atoms with Crippen LogP contribution in [0, 0.1) is 5.41 Å². The Morgan fingerprint density at radius 1 is 1.24 bits per heavy atom. The summed E-state index contributed by atoms with van der Waals surface area (Å²) in [4.78, 5) is 2.24. The largest absolute Gasteiger partial charge is 0.312 e. The predicted molar refractivity (Wildman–Crippen MR) is 78.2 cm³/mol. The first-order valence-corrected chi connectivity index (χ1v) is 6.79. The maximum atomic E-state index is 3.57. The molecule has 0 atom stereocenters. The molecule has 0 fully saturated rings. The van der Waals surface area contributed by atoms with Crippen LogP contribution in [-0.2, 0) is 6.54 Å². The fraction of sp³-hybridized carbons (Fsp3) is 0.571. The number of benzene rings is 1. The summed E-state index contributed by atoms with van der Waals surface area (Å²) in [5, 5.41) is 3.53. The Balaban J connectivity index is 2.40. The molecule has 0 aliphatic heterocycles. The van der Waals surface area contributed by atoms with E-state index in [9.17, 15) is 0 Å². The van der Waals surface area contributed by atoms with Crippen LogP contribution in [0.1, 0.15) is 19.4 Å². The Kier molecular flexibility index (Phi) is 5.63. The van der Waals surface area contributed by atoms with E-state index < -0.39 is 0 Å². The normalized spacial score (nSPS) is 12.1. The molecule has 2 nitrogen and oxygen atoms in total. The molecule has 0 saturated carbocycles. The summed E-state index contributed by atoms with van der Waals surface area (Å²) in [6, 6.07) is 8.36. The molecule has 1 aromatic rings. The van der Waals surface area contributed by atoms with E-state index >= 15 is 0 Å². The van der Waals surface area contributed by atoms with Crippen LogP contribution in [0.5, 0.6) is 0 Å². The molecule has 0 unspecified atom stereocenters. The smallest absolute Gasteiger partial charge is 0.0220 e. The third-order valence-electron chi connectivity index (χ3n) is 2.62. The van der Waals surface area contributed by atoms with Crippen molar-refractivity contribution in [3.63, 3.8) is 0 Å². The van der Waals surface area contributed by atoms with Gasteiger partial charge in [0.15, 0.2) is 0 Å². The SMILES string of the molecule is CN(C)CC(C)(C)CNCc1ccccc1Br. The molecule has 17 heavy (non-hydrogen) atoms. The van der Waals surface area contributed by atoms with Gasteiger partial charge in [-0.15, -0.1) is 0 Å². The highest BCUT2D eigenvalue weighted by Crippen LogP contribution is 2.17. The first-order chi connectivity index (χ1) is 7.91. The fourth-order valence-electron chi connectivity index (χ4n) is 2.09. The number of nitrogens with zero attached hydrogens (tertiary/aromatic N) is 1. The molecule has 0 amide bonds. The third kappa shape index (κ3) is 5.66. The molecule has 0 aliphatic carbocycles. The lowest BCUT2D eigenvalue weighted by atomic mass is 9.93. The number of halogens is 1. The first kappa shape index (κ1) is 14.7. The molecule has 0 aliphatic rings. The van der Waals surface area contributed by atoms with Gasteiger partial charge in [0.2, 0.25) is 0 Å². The van der Waals surface area contributed by atoms with Crippen molar-refractivity contribution >= 4 is 15.9 Å². The van der Waals surface area contributed by atoms with Crippen LogP contribution in [-0.4, -0.2) is 32.1 Å². The summed E-state index contributed by atoms with van der Waals surface area (Å²) in [6.45, 7) is 7.61. The average Bonchev–Trinajstić information content (AvgIpc) is 2.18. The molecule has 0 heterocycles. The van der Waals surface area contributed by atoms with Gasteiger partial charge < -0.3 is 10.2 Å². The molecule has 0 aromatic heterocycles. The van der Waals surface area contributed by atoms with Gasteiger partial charge >= 0.3 is 0 Å². The zero-order valence-corrected chi connectivity index (χ0v) is 12.8. The molecule has 0 bridgehead atoms. The van der Waals surface area contributed by atoms with Crippen LogP contribution in [0.15, 0.2) is 28.7 Å². The van der Waals surface area contributed by atoms with E-state index in [1.165, 1.54) is 10.0 Å². The van der Waals surface area contributed by atoms with Gasteiger partial charge in [-0.1, -0.05) is 48.0 Å². The molecule has 1 aromatic carbocycles. The van der Waals surface area contributed by atoms with E-state index in [1.54, 1.807) is 0 Å². The van der Waals surface area contributed by atoms with Gasteiger partial charge in [-0.05, 0) is 31.1 Å². The molecule has 1 N–H and O–H groups in total. The number of rotatable bonds is 6. The second-order valence-electron chi connectivity index (χ2n) is 5.60. The van der Waals surface area contributed by atoms with Gasteiger partial charge in [0, 0.05) is 24.1 Å². The van der Waals surface area contributed by atoms with Gasteiger partial charge in [0.25, 0.3) is 0 Å². The Morgan fingerprint density at radius 3 is 2.47 bits per heavy atom. The van der Waals surface area contributed by atoms with Crippen LogP contribution in [0.25, 0.3) is 0 Å². The van der Waals surface area contributed by atoms with Gasteiger partial charge in [0.1, 0.15) is 0 Å². The highest BCUT2D eigenvalue weighted by molar-refractivity contribution is 9.10. The van der Waals surface area contributed by atoms with Gasteiger partial charge in [0.05, 0.1) is 0 Å². The Bertz CT molecular complexity index is 348. The molecular weight excluding hydrogens is 276 g/mol. The van der Waals surface area contributed by atoms with Crippen LogP contribution in [0.3, 0.4) is 0 Å². The molecule has 1 rings (SSSR count). The fourth-order valence-corrected chi connectivity index (χ4v) is 2.51. The van der Waals surface area contributed by atoms with E-state index in [0.717, 1.165) is 19.6 Å². The predicted octanol–water partition coefficient (Wildman–Crippen LogP) is 3.13. The summed E-state index contributed by atoms with van der Waals surface area (Å²) in [5.41, 5.74) is 1.61. The Hall–Kier alpha value is -0.380. The summed E-state index contributed by atoms with van der Waals surface area (Å²) in [6.07, 6.45) is 0. The summed E-state index contributed by atoms with van der Waals surface area (Å²) < 4.78 is 1.18. The van der Waals surface area contributed by atoms with E-state index in [-0.39, 0.29) is 0 Å². The van der Waals surface area contributed by atoms with Crippen molar-refractivity contribution < 1.29 is 0 Å². The Labute approximate surface area is 114 Å².